The normalized spacial score (nSPS) is 16.9. The lowest BCUT2D eigenvalue weighted by atomic mass is 9.87. The summed E-state index contributed by atoms with van der Waals surface area (Å²) in [7, 11) is 3.50. The van der Waals surface area contributed by atoms with Gasteiger partial charge in [0.05, 0.1) is 69.5 Å². The van der Waals surface area contributed by atoms with Gasteiger partial charge < -0.3 is 44.7 Å². The summed E-state index contributed by atoms with van der Waals surface area (Å²) in [6, 6.07) is 24.1. The van der Waals surface area contributed by atoms with Gasteiger partial charge in [-0.05, 0) is 118 Å². The Bertz CT molecular complexity index is 2390. The predicted molar refractivity (Wildman–Crippen MR) is 264 cm³/mol. The number of aryl methyl sites for hydroxylation is 1. The molecule has 2 aliphatic heterocycles. The molecule has 0 saturated carbocycles. The van der Waals surface area contributed by atoms with E-state index in [0.717, 1.165) is 75.8 Å². The summed E-state index contributed by atoms with van der Waals surface area (Å²) in [4.78, 5) is 78.1. The van der Waals surface area contributed by atoms with Gasteiger partial charge in [0.1, 0.15) is 0 Å². The van der Waals surface area contributed by atoms with Crippen molar-refractivity contribution in [3.05, 3.63) is 113 Å². The smallest absolute Gasteiger partial charge is 0.305 e. The van der Waals surface area contributed by atoms with E-state index in [1.165, 1.54) is 12.0 Å². The first-order valence-electron chi connectivity index (χ1n) is 24.4. The summed E-state index contributed by atoms with van der Waals surface area (Å²) in [6.07, 6.45) is 9.47. The third-order valence-corrected chi connectivity index (χ3v) is 13.2. The summed E-state index contributed by atoms with van der Waals surface area (Å²) < 4.78 is 16.3. The number of rotatable bonds is 23. The highest BCUT2D eigenvalue weighted by atomic mass is 16.5. The minimum absolute atomic E-state index is 0.0120. The van der Waals surface area contributed by atoms with Crippen molar-refractivity contribution >= 4 is 41.0 Å². The first-order chi connectivity index (χ1) is 33.5. The Morgan fingerprint density at radius 1 is 0.710 bits per heavy atom. The number of carboxylic acids is 1. The number of likely N-dealkylation sites (tertiary alicyclic amines) is 1. The quantitative estimate of drug-likeness (QED) is 0.0706. The van der Waals surface area contributed by atoms with Crippen molar-refractivity contribution in [2.75, 3.05) is 103 Å². The molecule has 2 fully saturated rings. The Morgan fingerprint density at radius 3 is 2.25 bits per heavy atom. The van der Waals surface area contributed by atoms with Gasteiger partial charge in [-0.15, -0.1) is 0 Å². The van der Waals surface area contributed by atoms with Crippen molar-refractivity contribution in [2.24, 2.45) is 0 Å². The second-order valence-corrected chi connectivity index (χ2v) is 18.0. The lowest BCUT2D eigenvalue weighted by Gasteiger charge is -2.29. The maximum absolute atomic E-state index is 14.1. The minimum atomic E-state index is -0.902. The molecule has 1 aliphatic carbocycles. The SMILES string of the molecule is CN(CCN1CCC[C@H]1C(=O)N(C)CCOCCOCCOCCC(=O)O)C(=O)c1cccc(C(=O)Nc2ccc(N3CCCCC3)cc2-c2cc(C(=O)N[C@H]3CCCc4ccccc43)ccn2)c1. The van der Waals surface area contributed by atoms with Crippen LogP contribution in [0, 0.1) is 0 Å². The van der Waals surface area contributed by atoms with Gasteiger partial charge in [0, 0.05) is 81.0 Å². The number of fused-ring (bicyclic) bond motifs is 1. The van der Waals surface area contributed by atoms with E-state index in [4.69, 9.17) is 24.3 Å². The van der Waals surface area contributed by atoms with E-state index in [9.17, 15) is 24.0 Å². The highest BCUT2D eigenvalue weighted by molar-refractivity contribution is 6.08. The van der Waals surface area contributed by atoms with Crippen LogP contribution in [0.1, 0.15) is 99.6 Å². The topological polar surface area (TPSA) is 183 Å². The number of hydrogen-bond donors (Lipinski definition) is 3. The summed E-state index contributed by atoms with van der Waals surface area (Å²) in [6.45, 7) is 5.83. The van der Waals surface area contributed by atoms with Crippen molar-refractivity contribution in [1.82, 2.24) is 25.0 Å². The minimum Gasteiger partial charge on any atom is -0.481 e. The molecule has 3 aromatic carbocycles. The molecule has 0 bridgehead atoms. The largest absolute Gasteiger partial charge is 0.481 e. The standard InChI is InChI=1S/C53H67N7O9/c1-57(26-27-60-25-10-17-48(60)53(66)58(2)28-30-68-32-34-69-33-31-67-29-21-49(61)62)52(65)41-14-8-13-39(35-41)50(63)56-46-19-18-42(59-23-6-3-7-24-59)37-44(46)47-36-40(20-22-54-47)51(64)55-45-16-9-12-38-11-4-5-15-43(38)45/h4-5,8,11,13-15,18-20,22,35-37,45,48H,3,6-7,9-10,12,16-17,21,23-34H2,1-2H3,(H,55,64)(H,56,63)(H,61,62)/t45-,48-/m0/s1. The summed E-state index contributed by atoms with van der Waals surface area (Å²) in [5, 5.41) is 15.0. The number of benzene rings is 3. The van der Waals surface area contributed by atoms with Crippen molar-refractivity contribution in [3.63, 3.8) is 0 Å². The number of pyridine rings is 1. The molecule has 7 rings (SSSR count). The van der Waals surface area contributed by atoms with Crippen LogP contribution >= 0.6 is 0 Å². The molecule has 0 unspecified atom stereocenters. The van der Waals surface area contributed by atoms with Gasteiger partial charge in [0.25, 0.3) is 17.7 Å². The molecule has 0 spiro atoms. The van der Waals surface area contributed by atoms with Crippen molar-refractivity contribution in [3.8, 4) is 11.3 Å². The van der Waals surface area contributed by atoms with E-state index in [1.54, 1.807) is 66.5 Å². The monoisotopic (exact) mass is 946 g/mol. The molecule has 16 heteroatoms. The lowest BCUT2D eigenvalue weighted by molar-refractivity contribution is -0.138. The van der Waals surface area contributed by atoms with E-state index in [-0.39, 0.29) is 48.7 Å². The average molecular weight is 946 g/mol. The number of amides is 4. The third kappa shape index (κ3) is 14.2. The number of nitrogens with one attached hydrogen (secondary N) is 2. The molecule has 4 amide bonds. The van der Waals surface area contributed by atoms with Gasteiger partial charge in [-0.25, -0.2) is 0 Å². The van der Waals surface area contributed by atoms with Gasteiger partial charge >= 0.3 is 5.97 Å². The molecular formula is C53H67N7O9. The third-order valence-electron chi connectivity index (χ3n) is 13.2. The average Bonchev–Trinajstić information content (AvgIpc) is 3.86. The molecule has 1 aromatic heterocycles. The Balaban J connectivity index is 0.936. The number of carboxylic acid groups (broad SMARTS) is 1. The van der Waals surface area contributed by atoms with E-state index in [0.29, 0.717) is 86.3 Å². The van der Waals surface area contributed by atoms with Crippen molar-refractivity contribution in [1.29, 1.82) is 0 Å². The number of hydrogen-bond acceptors (Lipinski definition) is 11. The molecule has 4 aromatic rings. The van der Waals surface area contributed by atoms with Crippen LogP contribution in [0.5, 0.6) is 0 Å². The molecule has 3 N–H and O–H groups in total. The highest BCUT2D eigenvalue weighted by Crippen LogP contribution is 2.34. The van der Waals surface area contributed by atoms with Crippen LogP contribution in [0.3, 0.4) is 0 Å². The second kappa shape index (κ2) is 25.4. The Morgan fingerprint density at radius 2 is 1.45 bits per heavy atom. The van der Waals surface area contributed by atoms with E-state index < -0.39 is 5.97 Å². The summed E-state index contributed by atoms with van der Waals surface area (Å²) in [5.74, 6) is -1.70. The zero-order chi connectivity index (χ0) is 48.5. The fraction of sp³-hybridized carbons (Fsp3) is 0.472. The molecule has 0 radical (unpaired) electrons. The van der Waals surface area contributed by atoms with Crippen LogP contribution in [-0.4, -0.2) is 153 Å². The number of anilines is 2. The highest BCUT2D eigenvalue weighted by Gasteiger charge is 2.33. The Kier molecular flexibility index (Phi) is 18.7. The predicted octanol–water partition coefficient (Wildman–Crippen LogP) is 6.32. The van der Waals surface area contributed by atoms with Gasteiger partial charge in [0.2, 0.25) is 5.91 Å². The van der Waals surface area contributed by atoms with Gasteiger partial charge in [-0.2, -0.15) is 0 Å². The molecule has 69 heavy (non-hydrogen) atoms. The van der Waals surface area contributed by atoms with Gasteiger partial charge in [-0.3, -0.25) is 33.9 Å². The van der Waals surface area contributed by atoms with Crippen molar-refractivity contribution < 1.29 is 43.3 Å². The number of likely N-dealkylation sites (N-methyl/N-ethyl adjacent to an activating group) is 2. The maximum atomic E-state index is 14.1. The molecule has 2 saturated heterocycles. The van der Waals surface area contributed by atoms with Crippen LogP contribution in [-0.2, 0) is 30.2 Å². The zero-order valence-corrected chi connectivity index (χ0v) is 40.0. The number of nitrogens with zero attached hydrogens (tertiary/aromatic N) is 5. The van der Waals surface area contributed by atoms with Crippen LogP contribution in [0.15, 0.2) is 85.1 Å². The zero-order valence-electron chi connectivity index (χ0n) is 40.0. The van der Waals surface area contributed by atoms with Crippen LogP contribution in [0.4, 0.5) is 11.4 Å². The molecule has 3 aliphatic rings. The maximum Gasteiger partial charge on any atom is 0.305 e. The van der Waals surface area contributed by atoms with E-state index in [2.05, 4.69) is 32.6 Å². The molecular weight excluding hydrogens is 879 g/mol. The fourth-order valence-corrected chi connectivity index (χ4v) is 9.30. The first kappa shape index (κ1) is 50.7. The van der Waals surface area contributed by atoms with Crippen LogP contribution in [0.25, 0.3) is 11.3 Å². The van der Waals surface area contributed by atoms with Gasteiger partial charge in [-0.1, -0.05) is 30.3 Å². The van der Waals surface area contributed by atoms with Crippen LogP contribution < -0.4 is 15.5 Å². The van der Waals surface area contributed by atoms with Gasteiger partial charge in [0.15, 0.2) is 0 Å². The number of carbonyl (C=O) groups excluding carboxylic acids is 4. The first-order valence-corrected chi connectivity index (χ1v) is 24.4. The van der Waals surface area contributed by atoms with Crippen molar-refractivity contribution in [2.45, 2.75) is 69.9 Å². The lowest BCUT2D eigenvalue weighted by Crippen LogP contribution is -2.47. The van der Waals surface area contributed by atoms with E-state index >= 15 is 0 Å². The van der Waals surface area contributed by atoms with E-state index in [1.807, 2.05) is 30.3 Å². The van der Waals surface area contributed by atoms with Crippen LogP contribution in [0.2, 0.25) is 0 Å². The number of piperidine rings is 1. The molecule has 368 valence electrons. The summed E-state index contributed by atoms with van der Waals surface area (Å²) in [5.41, 5.74) is 6.40. The summed E-state index contributed by atoms with van der Waals surface area (Å²) >= 11 is 0. The molecule has 2 atom stereocenters. The number of carbonyl (C=O) groups is 5. The number of ether oxygens (including phenoxy) is 3. The number of aliphatic carboxylic acids is 1. The number of aromatic nitrogens is 1. The Hall–Kier alpha value is -6.20. The molecule has 16 nitrogen and oxygen atoms in total. The second-order valence-electron chi connectivity index (χ2n) is 18.0. The fourth-order valence-electron chi connectivity index (χ4n) is 9.30. The Labute approximate surface area is 405 Å². The molecule has 3 heterocycles.